The van der Waals surface area contributed by atoms with Gasteiger partial charge in [0, 0.05) is 5.92 Å². The van der Waals surface area contributed by atoms with Gasteiger partial charge in [0.2, 0.25) is 5.91 Å². The van der Waals surface area contributed by atoms with Gasteiger partial charge in [-0.2, -0.15) is 0 Å². The molecular weight excluding hydrogens is 266 g/mol. The van der Waals surface area contributed by atoms with Crippen molar-refractivity contribution in [3.8, 4) is 0 Å². The first-order valence-corrected chi connectivity index (χ1v) is 7.28. The van der Waals surface area contributed by atoms with Crippen LogP contribution in [0.5, 0.6) is 0 Å². The predicted octanol–water partition coefficient (Wildman–Crippen LogP) is 2.42. The van der Waals surface area contributed by atoms with Crippen molar-refractivity contribution in [2.45, 2.75) is 39.2 Å². The minimum absolute atomic E-state index is 0.00353. The zero-order chi connectivity index (χ0) is 15.5. The van der Waals surface area contributed by atoms with E-state index in [-0.39, 0.29) is 23.1 Å². The van der Waals surface area contributed by atoms with E-state index in [9.17, 15) is 4.79 Å². The van der Waals surface area contributed by atoms with Crippen LogP contribution in [0.3, 0.4) is 0 Å². The molecule has 0 spiro atoms. The van der Waals surface area contributed by atoms with Gasteiger partial charge in [0.1, 0.15) is 6.04 Å². The highest BCUT2D eigenvalue weighted by Gasteiger charge is 2.40. The molecule has 1 aliphatic carbocycles. The number of rotatable bonds is 4. The van der Waals surface area contributed by atoms with Crippen LogP contribution in [0, 0.1) is 11.3 Å². The van der Waals surface area contributed by atoms with Gasteiger partial charge < -0.3 is 16.3 Å². The third-order valence-corrected chi connectivity index (χ3v) is 4.40. The molecule has 0 bridgehead atoms. The van der Waals surface area contributed by atoms with Gasteiger partial charge in [-0.15, -0.1) is 0 Å². The lowest BCUT2D eigenvalue weighted by Crippen LogP contribution is -2.43. The molecule has 0 aliphatic heterocycles. The van der Waals surface area contributed by atoms with Crippen molar-refractivity contribution >= 4 is 11.7 Å². The summed E-state index contributed by atoms with van der Waals surface area (Å²) in [6, 6.07) is 8.71. The molecule has 2 unspecified atom stereocenters. The van der Waals surface area contributed by atoms with Crippen LogP contribution in [-0.2, 0) is 4.79 Å². The van der Waals surface area contributed by atoms with Gasteiger partial charge in [0.05, 0.1) is 0 Å². The molecule has 2 rings (SSSR count). The number of nitrogens with two attached hydrogens (primary N) is 1. The molecule has 2 atom stereocenters. The molecule has 0 radical (unpaired) electrons. The standard InChI is InChI=1S/C16H23N3O2/c1-16(2)10-6-9-12(16)15(20)18-13(14(17)19-21)11-7-4-3-5-8-11/h3-5,7-8,12-13,21H,6,9-10H2,1-2H3,(H2,17,19)(H,18,20). The Morgan fingerprint density at radius 2 is 2.10 bits per heavy atom. The minimum atomic E-state index is -0.597. The number of hydrogen-bond donors (Lipinski definition) is 3. The van der Waals surface area contributed by atoms with E-state index in [2.05, 4.69) is 24.3 Å². The van der Waals surface area contributed by atoms with Crippen molar-refractivity contribution in [2.24, 2.45) is 22.2 Å². The number of benzene rings is 1. The summed E-state index contributed by atoms with van der Waals surface area (Å²) >= 11 is 0. The largest absolute Gasteiger partial charge is 0.409 e. The molecule has 1 aromatic rings. The highest BCUT2D eigenvalue weighted by molar-refractivity contribution is 5.91. The molecule has 1 fully saturated rings. The molecule has 114 valence electrons. The Hall–Kier alpha value is -2.04. The number of carbonyl (C=O) groups is 1. The quantitative estimate of drug-likeness (QED) is 0.344. The molecule has 0 saturated heterocycles. The lowest BCUT2D eigenvalue weighted by Gasteiger charge is -2.28. The first-order chi connectivity index (χ1) is 9.95. The highest BCUT2D eigenvalue weighted by atomic mass is 16.4. The normalized spacial score (nSPS) is 22.8. The van der Waals surface area contributed by atoms with Gasteiger partial charge in [-0.3, -0.25) is 4.79 Å². The van der Waals surface area contributed by atoms with Gasteiger partial charge in [0.25, 0.3) is 0 Å². The van der Waals surface area contributed by atoms with Gasteiger partial charge in [-0.25, -0.2) is 0 Å². The zero-order valence-electron chi connectivity index (χ0n) is 12.5. The molecule has 21 heavy (non-hydrogen) atoms. The van der Waals surface area contributed by atoms with E-state index >= 15 is 0 Å². The number of amides is 1. The molecule has 5 nitrogen and oxygen atoms in total. The third-order valence-electron chi connectivity index (χ3n) is 4.40. The Morgan fingerprint density at radius 1 is 1.43 bits per heavy atom. The SMILES string of the molecule is CC1(C)CCCC1C(=O)NC(/C(N)=N/O)c1ccccc1. The zero-order valence-corrected chi connectivity index (χ0v) is 12.5. The maximum absolute atomic E-state index is 12.6. The minimum Gasteiger partial charge on any atom is -0.409 e. The predicted molar refractivity (Wildman–Crippen MR) is 81.9 cm³/mol. The second-order valence-corrected chi connectivity index (χ2v) is 6.31. The molecule has 1 amide bonds. The maximum atomic E-state index is 12.6. The Labute approximate surface area is 125 Å². The van der Waals surface area contributed by atoms with Crippen LogP contribution in [-0.4, -0.2) is 17.0 Å². The number of oxime groups is 1. The Morgan fingerprint density at radius 3 is 2.62 bits per heavy atom. The van der Waals surface area contributed by atoms with Crippen LogP contribution in [0.25, 0.3) is 0 Å². The van der Waals surface area contributed by atoms with Gasteiger partial charge >= 0.3 is 0 Å². The summed E-state index contributed by atoms with van der Waals surface area (Å²) in [7, 11) is 0. The summed E-state index contributed by atoms with van der Waals surface area (Å²) < 4.78 is 0. The summed E-state index contributed by atoms with van der Waals surface area (Å²) in [6.07, 6.45) is 2.99. The van der Waals surface area contributed by atoms with Gasteiger partial charge in [-0.05, 0) is 23.8 Å². The van der Waals surface area contributed by atoms with E-state index in [4.69, 9.17) is 10.9 Å². The first-order valence-electron chi connectivity index (χ1n) is 7.28. The summed E-state index contributed by atoms with van der Waals surface area (Å²) in [6.45, 7) is 4.23. The molecule has 1 aliphatic rings. The molecular formula is C16H23N3O2. The fourth-order valence-electron chi connectivity index (χ4n) is 3.09. The van der Waals surface area contributed by atoms with E-state index in [1.165, 1.54) is 0 Å². The first kappa shape index (κ1) is 15.4. The van der Waals surface area contributed by atoms with E-state index < -0.39 is 6.04 Å². The molecule has 1 saturated carbocycles. The fraction of sp³-hybridized carbons (Fsp3) is 0.500. The number of nitrogens with zero attached hydrogens (tertiary/aromatic N) is 1. The number of hydrogen-bond acceptors (Lipinski definition) is 3. The Balaban J connectivity index is 2.18. The fourth-order valence-corrected chi connectivity index (χ4v) is 3.09. The van der Waals surface area contributed by atoms with E-state index in [0.29, 0.717) is 0 Å². The summed E-state index contributed by atoms with van der Waals surface area (Å²) in [5, 5.41) is 14.9. The van der Waals surface area contributed by atoms with Gasteiger partial charge in [0.15, 0.2) is 5.84 Å². The second-order valence-electron chi connectivity index (χ2n) is 6.31. The lowest BCUT2D eigenvalue weighted by molar-refractivity contribution is -0.127. The van der Waals surface area contributed by atoms with E-state index in [0.717, 1.165) is 24.8 Å². The molecule has 0 heterocycles. The van der Waals surface area contributed by atoms with Crippen LogP contribution < -0.4 is 11.1 Å². The summed E-state index contributed by atoms with van der Waals surface area (Å²) in [5.74, 6) is -0.0708. The Kier molecular flexibility index (Phi) is 4.50. The number of amidine groups is 1. The van der Waals surface area contributed by atoms with Crippen LogP contribution in [0.1, 0.15) is 44.7 Å². The molecule has 5 heteroatoms. The monoisotopic (exact) mass is 289 g/mol. The van der Waals surface area contributed by atoms with Crippen LogP contribution >= 0.6 is 0 Å². The molecule has 1 aromatic carbocycles. The maximum Gasteiger partial charge on any atom is 0.224 e. The van der Waals surface area contributed by atoms with E-state index in [1.807, 2.05) is 30.3 Å². The number of carbonyl (C=O) groups excluding carboxylic acids is 1. The summed E-state index contributed by atoms with van der Waals surface area (Å²) in [5.41, 5.74) is 6.55. The van der Waals surface area contributed by atoms with Crippen molar-refractivity contribution in [2.75, 3.05) is 0 Å². The van der Waals surface area contributed by atoms with Crippen molar-refractivity contribution in [3.63, 3.8) is 0 Å². The second kappa shape index (κ2) is 6.16. The van der Waals surface area contributed by atoms with Crippen molar-refractivity contribution in [1.29, 1.82) is 0 Å². The van der Waals surface area contributed by atoms with Crippen molar-refractivity contribution < 1.29 is 10.0 Å². The third kappa shape index (κ3) is 3.35. The average Bonchev–Trinajstić information content (AvgIpc) is 2.84. The number of nitrogens with one attached hydrogen (secondary N) is 1. The van der Waals surface area contributed by atoms with Gasteiger partial charge in [-0.1, -0.05) is 55.8 Å². The highest BCUT2D eigenvalue weighted by Crippen LogP contribution is 2.42. The topological polar surface area (TPSA) is 87.7 Å². The van der Waals surface area contributed by atoms with Crippen molar-refractivity contribution in [1.82, 2.24) is 5.32 Å². The lowest BCUT2D eigenvalue weighted by atomic mass is 9.81. The van der Waals surface area contributed by atoms with Crippen LogP contribution in [0.15, 0.2) is 35.5 Å². The van der Waals surface area contributed by atoms with Crippen LogP contribution in [0.2, 0.25) is 0 Å². The van der Waals surface area contributed by atoms with Crippen LogP contribution in [0.4, 0.5) is 0 Å². The smallest absolute Gasteiger partial charge is 0.224 e. The molecule has 4 N–H and O–H groups in total. The average molecular weight is 289 g/mol. The Bertz CT molecular complexity index is 526. The van der Waals surface area contributed by atoms with E-state index in [1.54, 1.807) is 0 Å². The molecule has 0 aromatic heterocycles. The summed E-state index contributed by atoms with van der Waals surface area (Å²) in [4.78, 5) is 12.6. The van der Waals surface area contributed by atoms with Crippen molar-refractivity contribution in [3.05, 3.63) is 35.9 Å².